The van der Waals surface area contributed by atoms with Crippen molar-refractivity contribution in [1.82, 2.24) is 0 Å². The van der Waals surface area contributed by atoms with E-state index < -0.39 is 10.1 Å². The Labute approximate surface area is 66.9 Å². The van der Waals surface area contributed by atoms with Gasteiger partial charge in [-0.2, -0.15) is 8.42 Å². The van der Waals surface area contributed by atoms with Crippen molar-refractivity contribution in [2.75, 3.05) is 0 Å². The van der Waals surface area contributed by atoms with Crippen LogP contribution in [0.25, 0.3) is 0 Å². The largest absolute Gasteiger partial charge is 0.273 e. The molecule has 0 N–H and O–H groups in total. The van der Waals surface area contributed by atoms with Crippen molar-refractivity contribution in [3.8, 4) is 0 Å². The van der Waals surface area contributed by atoms with E-state index in [-0.39, 0.29) is 11.4 Å². The topological polar surface area (TPSA) is 43.4 Å². The molecule has 0 aromatic heterocycles. The molecule has 2 aliphatic rings. The van der Waals surface area contributed by atoms with Crippen molar-refractivity contribution in [2.45, 2.75) is 43.5 Å². The monoisotopic (exact) mass is 176 g/mol. The quantitative estimate of drug-likeness (QED) is 0.518. The van der Waals surface area contributed by atoms with Crippen molar-refractivity contribution in [3.05, 3.63) is 0 Å². The zero-order valence-electron chi connectivity index (χ0n) is 6.32. The first-order chi connectivity index (χ1) is 5.20. The lowest BCUT2D eigenvalue weighted by atomic mass is 10.1. The van der Waals surface area contributed by atoms with Gasteiger partial charge in [-0.1, -0.05) is 19.3 Å². The fourth-order valence-electron chi connectivity index (χ4n) is 1.87. The maximum atomic E-state index is 11.0. The predicted molar refractivity (Wildman–Crippen MR) is 40.7 cm³/mol. The van der Waals surface area contributed by atoms with Crippen LogP contribution >= 0.6 is 0 Å². The molecule has 0 aromatic carbocycles. The van der Waals surface area contributed by atoms with Crippen LogP contribution in [0.3, 0.4) is 0 Å². The van der Waals surface area contributed by atoms with Crippen LogP contribution in [0.2, 0.25) is 0 Å². The van der Waals surface area contributed by atoms with Gasteiger partial charge in [0.1, 0.15) is 5.25 Å². The molecule has 2 fully saturated rings. The van der Waals surface area contributed by atoms with Gasteiger partial charge in [0.15, 0.2) is 0 Å². The number of hydrogen-bond donors (Lipinski definition) is 0. The van der Waals surface area contributed by atoms with Crippen molar-refractivity contribution in [2.24, 2.45) is 0 Å². The summed E-state index contributed by atoms with van der Waals surface area (Å²) < 4.78 is 26.7. The number of hydrogen-bond acceptors (Lipinski definition) is 3. The molecule has 64 valence electrons. The Morgan fingerprint density at radius 3 is 2.55 bits per heavy atom. The summed E-state index contributed by atoms with van der Waals surface area (Å²) in [5.41, 5.74) is 0. The molecule has 1 saturated heterocycles. The molecular weight excluding hydrogens is 164 g/mol. The van der Waals surface area contributed by atoms with E-state index in [1.54, 1.807) is 0 Å². The van der Waals surface area contributed by atoms with E-state index in [1.807, 2.05) is 0 Å². The first-order valence-corrected chi connectivity index (χ1v) is 5.59. The van der Waals surface area contributed by atoms with Gasteiger partial charge >= 0.3 is 0 Å². The zero-order chi connectivity index (χ0) is 7.90. The Bertz CT molecular complexity index is 244. The summed E-state index contributed by atoms with van der Waals surface area (Å²) in [6.07, 6.45) is 5.10. The number of fused-ring (bicyclic) bond motifs is 1. The molecule has 0 bridgehead atoms. The molecule has 1 saturated carbocycles. The van der Waals surface area contributed by atoms with Crippen LogP contribution in [0.5, 0.6) is 0 Å². The van der Waals surface area contributed by atoms with Crippen LogP contribution in [-0.4, -0.2) is 19.8 Å². The summed E-state index contributed by atoms with van der Waals surface area (Å²) in [6, 6.07) is 0. The second kappa shape index (κ2) is 2.45. The molecule has 0 aromatic rings. The smallest absolute Gasteiger partial charge is 0.265 e. The Morgan fingerprint density at radius 1 is 1.09 bits per heavy atom. The standard InChI is InChI=1S/C7H12O3S/c8-11(9)7-5-3-1-2-4-6(7)10-11/h6-7H,1-5H2. The van der Waals surface area contributed by atoms with Gasteiger partial charge in [0, 0.05) is 0 Å². The van der Waals surface area contributed by atoms with E-state index in [0.29, 0.717) is 0 Å². The van der Waals surface area contributed by atoms with Crippen LogP contribution in [0.1, 0.15) is 32.1 Å². The third kappa shape index (κ3) is 1.18. The Morgan fingerprint density at radius 2 is 1.82 bits per heavy atom. The van der Waals surface area contributed by atoms with E-state index in [2.05, 4.69) is 0 Å². The highest BCUT2D eigenvalue weighted by Gasteiger charge is 2.47. The molecule has 0 spiro atoms. The van der Waals surface area contributed by atoms with E-state index in [9.17, 15) is 8.42 Å². The molecule has 0 amide bonds. The van der Waals surface area contributed by atoms with Gasteiger partial charge in [-0.05, 0) is 12.8 Å². The fraction of sp³-hybridized carbons (Fsp3) is 1.00. The maximum Gasteiger partial charge on any atom is 0.273 e. The van der Waals surface area contributed by atoms with Crippen molar-refractivity contribution < 1.29 is 12.6 Å². The third-order valence-corrected chi connectivity index (χ3v) is 4.32. The van der Waals surface area contributed by atoms with E-state index in [0.717, 1.165) is 32.1 Å². The summed E-state index contributed by atoms with van der Waals surface area (Å²) in [4.78, 5) is 0. The van der Waals surface area contributed by atoms with Crippen LogP contribution in [0.15, 0.2) is 0 Å². The fourth-order valence-corrected chi connectivity index (χ4v) is 3.43. The van der Waals surface area contributed by atoms with Crippen LogP contribution < -0.4 is 0 Å². The molecule has 1 aliphatic heterocycles. The second-order valence-corrected chi connectivity index (χ2v) is 5.09. The van der Waals surface area contributed by atoms with E-state index in [1.165, 1.54) is 0 Å². The van der Waals surface area contributed by atoms with E-state index >= 15 is 0 Å². The third-order valence-electron chi connectivity index (χ3n) is 2.52. The van der Waals surface area contributed by atoms with E-state index in [4.69, 9.17) is 4.18 Å². The van der Waals surface area contributed by atoms with Gasteiger partial charge in [0.25, 0.3) is 10.1 Å². The average Bonchev–Trinajstić information content (AvgIpc) is 2.10. The van der Waals surface area contributed by atoms with Gasteiger partial charge in [-0.3, -0.25) is 4.18 Å². The summed E-state index contributed by atoms with van der Waals surface area (Å²) >= 11 is 0. The SMILES string of the molecule is O=S1(=O)OC2CCCCCC21. The van der Waals surface area contributed by atoms with Gasteiger partial charge < -0.3 is 0 Å². The van der Waals surface area contributed by atoms with Gasteiger partial charge in [0.05, 0.1) is 6.10 Å². The summed E-state index contributed by atoms with van der Waals surface area (Å²) in [5.74, 6) is 0. The minimum atomic E-state index is -3.11. The highest BCUT2D eigenvalue weighted by Crippen LogP contribution is 2.35. The molecule has 2 unspecified atom stereocenters. The molecule has 2 atom stereocenters. The molecule has 1 aliphatic carbocycles. The summed E-state index contributed by atoms with van der Waals surface area (Å²) in [5, 5.41) is -0.162. The molecule has 3 nitrogen and oxygen atoms in total. The lowest BCUT2D eigenvalue weighted by Crippen LogP contribution is -2.48. The van der Waals surface area contributed by atoms with Gasteiger partial charge in [-0.25, -0.2) is 0 Å². The minimum absolute atomic E-state index is 0.0301. The van der Waals surface area contributed by atoms with Crippen molar-refractivity contribution >= 4 is 10.1 Å². The highest BCUT2D eigenvalue weighted by molar-refractivity contribution is 7.88. The van der Waals surface area contributed by atoms with Crippen LogP contribution in [0.4, 0.5) is 0 Å². The van der Waals surface area contributed by atoms with Crippen LogP contribution in [0, 0.1) is 0 Å². The van der Waals surface area contributed by atoms with Crippen molar-refractivity contribution in [3.63, 3.8) is 0 Å². The van der Waals surface area contributed by atoms with Crippen LogP contribution in [-0.2, 0) is 14.3 Å². The normalized spacial score (nSPS) is 41.8. The zero-order valence-corrected chi connectivity index (χ0v) is 7.14. The average molecular weight is 176 g/mol. The Kier molecular flexibility index (Phi) is 1.68. The first kappa shape index (κ1) is 7.55. The van der Waals surface area contributed by atoms with Crippen molar-refractivity contribution in [1.29, 1.82) is 0 Å². The molecule has 4 heteroatoms. The lowest BCUT2D eigenvalue weighted by molar-refractivity contribution is 0.131. The van der Waals surface area contributed by atoms with Gasteiger partial charge in [0.2, 0.25) is 0 Å². The minimum Gasteiger partial charge on any atom is -0.265 e. The number of rotatable bonds is 0. The molecule has 1 heterocycles. The summed E-state index contributed by atoms with van der Waals surface area (Å²) in [7, 11) is -3.11. The molecule has 2 rings (SSSR count). The van der Waals surface area contributed by atoms with Gasteiger partial charge in [-0.15, -0.1) is 0 Å². The highest BCUT2D eigenvalue weighted by atomic mass is 32.2. The summed E-state index contributed by atoms with van der Waals surface area (Å²) in [6.45, 7) is 0. The Balaban J connectivity index is 2.12. The molecule has 11 heavy (non-hydrogen) atoms. The molecular formula is C7H12O3S. The predicted octanol–water partition coefficient (Wildman–Crippen LogP) is 1.05. The molecule has 0 radical (unpaired) electrons. The maximum absolute atomic E-state index is 11.0. The first-order valence-electron chi connectivity index (χ1n) is 4.12. The second-order valence-electron chi connectivity index (χ2n) is 3.30. The lowest BCUT2D eigenvalue weighted by Gasteiger charge is -2.33. The Hall–Kier alpha value is -0.0900.